The van der Waals surface area contributed by atoms with Crippen molar-refractivity contribution < 1.29 is 9.53 Å². The highest BCUT2D eigenvalue weighted by Gasteiger charge is 2.30. The second-order valence-corrected chi connectivity index (χ2v) is 5.48. The fourth-order valence-electron chi connectivity index (χ4n) is 2.30. The molecule has 0 aromatic heterocycles. The van der Waals surface area contributed by atoms with Gasteiger partial charge in [-0.2, -0.15) is 12.6 Å². The molecule has 2 aromatic carbocycles. The van der Waals surface area contributed by atoms with Crippen molar-refractivity contribution in [2.24, 2.45) is 0 Å². The van der Waals surface area contributed by atoms with Gasteiger partial charge < -0.3 is 9.64 Å². The lowest BCUT2D eigenvalue weighted by atomic mass is 10.2. The summed E-state index contributed by atoms with van der Waals surface area (Å²) in [6.45, 7) is 0.622. The van der Waals surface area contributed by atoms with Gasteiger partial charge in [-0.25, -0.2) is 0 Å². The number of thiol groups is 1. The van der Waals surface area contributed by atoms with Crippen molar-refractivity contribution in [2.45, 2.75) is 11.7 Å². The van der Waals surface area contributed by atoms with Gasteiger partial charge in [0.25, 0.3) is 0 Å². The highest BCUT2D eigenvalue weighted by atomic mass is 32.1. The Kier molecular flexibility index (Phi) is 3.65. The molecule has 1 amide bonds. The van der Waals surface area contributed by atoms with E-state index in [1.54, 1.807) is 4.90 Å². The van der Waals surface area contributed by atoms with Crippen LogP contribution in [0.3, 0.4) is 0 Å². The quantitative estimate of drug-likeness (QED) is 0.874. The molecule has 20 heavy (non-hydrogen) atoms. The van der Waals surface area contributed by atoms with Crippen molar-refractivity contribution in [1.29, 1.82) is 0 Å². The normalized spacial score (nSPS) is 18.4. The molecule has 2 aromatic rings. The molecule has 0 saturated carbocycles. The fourth-order valence-corrected chi connectivity index (χ4v) is 2.62. The predicted octanol–water partition coefficient (Wildman–Crippen LogP) is 3.51. The predicted molar refractivity (Wildman–Crippen MR) is 82.7 cm³/mol. The molecule has 1 aliphatic rings. The molecule has 0 N–H and O–H groups in total. The SMILES string of the molecule is O=C1CC(S)CN1c1ccccc1Oc1ccccc1. The summed E-state index contributed by atoms with van der Waals surface area (Å²) in [5.41, 5.74) is 0.804. The molecule has 1 heterocycles. The van der Waals surface area contributed by atoms with E-state index in [4.69, 9.17) is 4.74 Å². The van der Waals surface area contributed by atoms with Gasteiger partial charge in [-0.1, -0.05) is 30.3 Å². The molecule has 102 valence electrons. The van der Waals surface area contributed by atoms with E-state index in [-0.39, 0.29) is 11.2 Å². The van der Waals surface area contributed by atoms with Gasteiger partial charge in [-0.3, -0.25) is 4.79 Å². The maximum Gasteiger partial charge on any atom is 0.228 e. The lowest BCUT2D eigenvalue weighted by molar-refractivity contribution is -0.117. The molecule has 1 fully saturated rings. The Morgan fingerprint density at radius 2 is 1.75 bits per heavy atom. The smallest absolute Gasteiger partial charge is 0.228 e. The van der Waals surface area contributed by atoms with Crippen LogP contribution >= 0.6 is 12.6 Å². The molecule has 0 aliphatic carbocycles. The zero-order chi connectivity index (χ0) is 13.9. The highest BCUT2D eigenvalue weighted by molar-refractivity contribution is 7.81. The van der Waals surface area contributed by atoms with Gasteiger partial charge in [-0.05, 0) is 24.3 Å². The number of benzene rings is 2. The van der Waals surface area contributed by atoms with Gasteiger partial charge in [0.2, 0.25) is 5.91 Å². The Bertz CT molecular complexity index is 615. The molecular formula is C16H15NO2S. The van der Waals surface area contributed by atoms with E-state index >= 15 is 0 Å². The zero-order valence-electron chi connectivity index (χ0n) is 10.9. The first-order valence-corrected chi connectivity index (χ1v) is 7.06. The molecule has 1 aliphatic heterocycles. The highest BCUT2D eigenvalue weighted by Crippen LogP contribution is 2.35. The minimum absolute atomic E-state index is 0.0901. The zero-order valence-corrected chi connectivity index (χ0v) is 11.8. The van der Waals surface area contributed by atoms with Crippen molar-refractivity contribution in [3.63, 3.8) is 0 Å². The first-order chi connectivity index (χ1) is 9.74. The average Bonchev–Trinajstić information content (AvgIpc) is 2.79. The molecular weight excluding hydrogens is 270 g/mol. The summed E-state index contributed by atoms with van der Waals surface area (Å²) in [6.07, 6.45) is 0.475. The number of anilines is 1. The van der Waals surface area contributed by atoms with Crippen LogP contribution in [0.2, 0.25) is 0 Å². The van der Waals surface area contributed by atoms with Crippen LogP contribution in [0.5, 0.6) is 11.5 Å². The minimum Gasteiger partial charge on any atom is -0.455 e. The Morgan fingerprint density at radius 3 is 2.45 bits per heavy atom. The Labute approximate surface area is 123 Å². The maximum atomic E-state index is 12.0. The van der Waals surface area contributed by atoms with E-state index in [1.807, 2.05) is 54.6 Å². The molecule has 1 unspecified atom stereocenters. The van der Waals surface area contributed by atoms with Crippen molar-refractivity contribution in [3.8, 4) is 11.5 Å². The number of carbonyl (C=O) groups is 1. The second kappa shape index (κ2) is 5.59. The van der Waals surface area contributed by atoms with E-state index in [9.17, 15) is 4.79 Å². The van der Waals surface area contributed by atoms with E-state index in [0.29, 0.717) is 18.7 Å². The van der Waals surface area contributed by atoms with Crippen LogP contribution in [0.15, 0.2) is 54.6 Å². The molecule has 3 nitrogen and oxygen atoms in total. The van der Waals surface area contributed by atoms with Crippen LogP contribution in [0.1, 0.15) is 6.42 Å². The number of amides is 1. The molecule has 1 saturated heterocycles. The summed E-state index contributed by atoms with van der Waals surface area (Å²) >= 11 is 4.39. The summed E-state index contributed by atoms with van der Waals surface area (Å²) in [6, 6.07) is 17.2. The van der Waals surface area contributed by atoms with E-state index in [1.165, 1.54) is 0 Å². The molecule has 0 radical (unpaired) electrons. The average molecular weight is 285 g/mol. The first kappa shape index (κ1) is 13.1. The fraction of sp³-hybridized carbons (Fsp3) is 0.188. The van der Waals surface area contributed by atoms with Gasteiger partial charge in [0, 0.05) is 18.2 Å². The van der Waals surface area contributed by atoms with Crippen molar-refractivity contribution in [2.75, 3.05) is 11.4 Å². The monoisotopic (exact) mass is 285 g/mol. The number of rotatable bonds is 3. The van der Waals surface area contributed by atoms with Gasteiger partial charge in [0.1, 0.15) is 5.75 Å². The molecule has 3 rings (SSSR count). The Hall–Kier alpha value is -1.94. The van der Waals surface area contributed by atoms with Gasteiger partial charge in [0.05, 0.1) is 5.69 Å². The number of carbonyl (C=O) groups excluding carboxylic acids is 1. The summed E-state index contributed by atoms with van der Waals surface area (Å²) in [5.74, 6) is 1.54. The van der Waals surface area contributed by atoms with Crippen LogP contribution in [0, 0.1) is 0 Å². The summed E-state index contributed by atoms with van der Waals surface area (Å²) in [7, 11) is 0. The van der Waals surface area contributed by atoms with E-state index < -0.39 is 0 Å². The lowest BCUT2D eigenvalue weighted by Gasteiger charge is -2.19. The van der Waals surface area contributed by atoms with E-state index in [2.05, 4.69) is 12.6 Å². The van der Waals surface area contributed by atoms with E-state index in [0.717, 1.165) is 11.4 Å². The summed E-state index contributed by atoms with van der Waals surface area (Å²) in [5, 5.41) is 0.0901. The molecule has 4 heteroatoms. The minimum atomic E-state index is 0.0901. The molecule has 0 bridgehead atoms. The maximum absolute atomic E-state index is 12.0. The number of hydrogen-bond donors (Lipinski definition) is 1. The van der Waals surface area contributed by atoms with Crippen LogP contribution in [0.25, 0.3) is 0 Å². The largest absolute Gasteiger partial charge is 0.455 e. The van der Waals surface area contributed by atoms with Gasteiger partial charge in [-0.15, -0.1) is 0 Å². The Morgan fingerprint density at radius 1 is 1.05 bits per heavy atom. The standard InChI is InChI=1S/C16H15NO2S/c18-16-10-13(20)11-17(16)14-8-4-5-9-15(14)19-12-6-2-1-3-7-12/h1-9,13,20H,10-11H2. The number of ether oxygens (including phenoxy) is 1. The topological polar surface area (TPSA) is 29.5 Å². The third kappa shape index (κ3) is 2.65. The van der Waals surface area contributed by atoms with Crippen LogP contribution < -0.4 is 9.64 Å². The van der Waals surface area contributed by atoms with Crippen molar-refractivity contribution >= 4 is 24.2 Å². The van der Waals surface area contributed by atoms with Gasteiger partial charge >= 0.3 is 0 Å². The first-order valence-electron chi connectivity index (χ1n) is 6.54. The van der Waals surface area contributed by atoms with Gasteiger partial charge in [0.15, 0.2) is 5.75 Å². The van der Waals surface area contributed by atoms with Crippen LogP contribution in [-0.2, 0) is 4.79 Å². The number of para-hydroxylation sites is 3. The van der Waals surface area contributed by atoms with Crippen molar-refractivity contribution in [1.82, 2.24) is 0 Å². The molecule has 0 spiro atoms. The Balaban J connectivity index is 1.91. The third-order valence-corrected chi connectivity index (χ3v) is 3.58. The lowest BCUT2D eigenvalue weighted by Crippen LogP contribution is -2.24. The number of nitrogens with zero attached hydrogens (tertiary/aromatic N) is 1. The van der Waals surface area contributed by atoms with Crippen LogP contribution in [0.4, 0.5) is 5.69 Å². The van der Waals surface area contributed by atoms with Crippen LogP contribution in [-0.4, -0.2) is 17.7 Å². The summed E-state index contributed by atoms with van der Waals surface area (Å²) in [4.78, 5) is 13.8. The second-order valence-electron chi connectivity index (χ2n) is 4.75. The third-order valence-electron chi connectivity index (χ3n) is 3.23. The summed E-state index contributed by atoms with van der Waals surface area (Å²) < 4.78 is 5.89. The molecule has 1 atom stereocenters. The number of hydrogen-bond acceptors (Lipinski definition) is 3. The van der Waals surface area contributed by atoms with Crippen molar-refractivity contribution in [3.05, 3.63) is 54.6 Å².